The molecule has 0 atom stereocenters. The minimum atomic E-state index is -0.440. The number of ether oxygens (including phenoxy) is 3. The number of carbonyl (C=O) groups excluding carboxylic acids is 2. The van der Waals surface area contributed by atoms with Gasteiger partial charge in [0.2, 0.25) is 0 Å². The molecule has 0 fully saturated rings. The summed E-state index contributed by atoms with van der Waals surface area (Å²) in [7, 11) is 1.56. The molecule has 192 valence electrons. The predicted molar refractivity (Wildman–Crippen MR) is 150 cm³/mol. The molecule has 0 aromatic heterocycles. The van der Waals surface area contributed by atoms with Gasteiger partial charge in [-0.25, -0.2) is 9.59 Å². The first-order valence-corrected chi connectivity index (χ1v) is 12.6. The Morgan fingerprint density at radius 3 is 1.58 bits per heavy atom. The second-order valence-corrected chi connectivity index (χ2v) is 8.57. The molecule has 5 nitrogen and oxygen atoms in total. The number of esters is 2. The molecule has 4 aromatic rings. The summed E-state index contributed by atoms with van der Waals surface area (Å²) in [5.41, 5.74) is 5.33. The average molecular weight is 507 g/mol. The molecule has 38 heavy (non-hydrogen) atoms. The van der Waals surface area contributed by atoms with Crippen molar-refractivity contribution in [2.75, 3.05) is 7.11 Å². The van der Waals surface area contributed by atoms with E-state index in [4.69, 9.17) is 14.2 Å². The van der Waals surface area contributed by atoms with Crippen LogP contribution in [0, 0.1) is 0 Å². The van der Waals surface area contributed by atoms with Crippen molar-refractivity contribution in [3.63, 3.8) is 0 Å². The molecule has 4 aromatic carbocycles. The van der Waals surface area contributed by atoms with E-state index in [-0.39, 0.29) is 5.97 Å². The number of methoxy groups -OCH3 is 1. The van der Waals surface area contributed by atoms with Crippen LogP contribution in [0.1, 0.15) is 58.5 Å². The predicted octanol–water partition coefficient (Wildman–Crippen LogP) is 7.86. The number of hydrogen-bond acceptors (Lipinski definition) is 5. The average Bonchev–Trinajstić information content (AvgIpc) is 2.97. The minimum Gasteiger partial charge on any atom is -0.493 e. The molecular formula is C33H30O5. The van der Waals surface area contributed by atoms with Crippen LogP contribution in [-0.2, 0) is 0 Å². The van der Waals surface area contributed by atoms with Gasteiger partial charge >= 0.3 is 11.9 Å². The van der Waals surface area contributed by atoms with E-state index in [1.807, 2.05) is 48.5 Å². The highest BCUT2D eigenvalue weighted by Crippen LogP contribution is 2.37. The van der Waals surface area contributed by atoms with Crippen LogP contribution in [0.5, 0.6) is 17.2 Å². The Balaban J connectivity index is 1.58. The van der Waals surface area contributed by atoms with Gasteiger partial charge in [0.1, 0.15) is 5.75 Å². The molecule has 0 radical (unpaired) electrons. The molecule has 0 N–H and O–H groups in total. The summed E-state index contributed by atoms with van der Waals surface area (Å²) in [5, 5.41) is 0. The van der Waals surface area contributed by atoms with E-state index in [0.717, 1.165) is 29.5 Å². The molecule has 0 saturated heterocycles. The number of benzene rings is 4. The second kappa shape index (κ2) is 12.5. The van der Waals surface area contributed by atoms with E-state index < -0.39 is 5.97 Å². The molecule has 0 aliphatic rings. The third-order valence-electron chi connectivity index (χ3n) is 6.22. The van der Waals surface area contributed by atoms with Crippen molar-refractivity contribution in [1.29, 1.82) is 0 Å². The number of carbonyl (C=O) groups is 2. The van der Waals surface area contributed by atoms with Crippen LogP contribution in [0.4, 0.5) is 0 Å². The summed E-state index contributed by atoms with van der Waals surface area (Å²) in [6.45, 7) is 4.22. The largest absolute Gasteiger partial charge is 0.493 e. The van der Waals surface area contributed by atoms with Gasteiger partial charge in [-0.15, -0.1) is 0 Å². The van der Waals surface area contributed by atoms with Crippen LogP contribution < -0.4 is 14.2 Å². The van der Waals surface area contributed by atoms with Crippen molar-refractivity contribution in [1.82, 2.24) is 0 Å². The fraction of sp³-hybridized carbons (Fsp3) is 0.152. The number of hydrogen-bond donors (Lipinski definition) is 0. The fourth-order valence-electron chi connectivity index (χ4n) is 4.32. The van der Waals surface area contributed by atoms with E-state index >= 15 is 0 Å². The van der Waals surface area contributed by atoms with E-state index in [0.29, 0.717) is 28.4 Å². The van der Waals surface area contributed by atoms with Crippen LogP contribution in [-0.4, -0.2) is 19.0 Å². The van der Waals surface area contributed by atoms with Gasteiger partial charge in [0.15, 0.2) is 11.5 Å². The lowest BCUT2D eigenvalue weighted by molar-refractivity contribution is 0.0722. The first kappa shape index (κ1) is 26.4. The van der Waals surface area contributed by atoms with Gasteiger partial charge in [0.05, 0.1) is 18.2 Å². The van der Waals surface area contributed by atoms with E-state index in [1.165, 1.54) is 5.57 Å². The number of rotatable bonds is 9. The molecule has 0 spiro atoms. The van der Waals surface area contributed by atoms with Gasteiger partial charge in [-0.3, -0.25) is 0 Å². The maximum atomic E-state index is 12.6. The van der Waals surface area contributed by atoms with Gasteiger partial charge in [0.25, 0.3) is 0 Å². The standard InChI is InChI=1S/C33H30O5/c1-4-28(23-16-19-27(20-17-23)37-32(34)24-12-8-6-9-13-24)29(5-2)26-18-21-30(31(22-26)36-3)38-33(35)25-14-10-7-11-15-25/h6-22H,4-5H2,1-3H3/b29-28+. The Labute approximate surface area is 223 Å². The zero-order valence-corrected chi connectivity index (χ0v) is 21.8. The monoisotopic (exact) mass is 506 g/mol. The van der Waals surface area contributed by atoms with E-state index in [9.17, 15) is 9.59 Å². The Kier molecular flexibility index (Phi) is 8.73. The van der Waals surface area contributed by atoms with Crippen LogP contribution >= 0.6 is 0 Å². The molecule has 4 rings (SSSR count). The third kappa shape index (κ3) is 6.19. The summed E-state index contributed by atoms with van der Waals surface area (Å²) in [6, 6.07) is 30.9. The van der Waals surface area contributed by atoms with Gasteiger partial charge in [-0.1, -0.05) is 68.4 Å². The zero-order chi connectivity index (χ0) is 26.9. The van der Waals surface area contributed by atoms with Crippen molar-refractivity contribution in [2.45, 2.75) is 26.7 Å². The summed E-state index contributed by atoms with van der Waals surface area (Å²) < 4.78 is 16.7. The molecule has 5 heteroatoms. The Hall–Kier alpha value is -4.64. The highest BCUT2D eigenvalue weighted by Gasteiger charge is 2.16. The van der Waals surface area contributed by atoms with Crippen LogP contribution in [0.3, 0.4) is 0 Å². The van der Waals surface area contributed by atoms with Crippen LogP contribution in [0.15, 0.2) is 103 Å². The Bertz CT molecular complexity index is 1420. The van der Waals surface area contributed by atoms with E-state index in [2.05, 4.69) is 13.8 Å². The topological polar surface area (TPSA) is 61.8 Å². The van der Waals surface area contributed by atoms with Gasteiger partial charge in [-0.2, -0.15) is 0 Å². The van der Waals surface area contributed by atoms with Crippen molar-refractivity contribution >= 4 is 23.1 Å². The van der Waals surface area contributed by atoms with Crippen molar-refractivity contribution in [3.05, 3.63) is 125 Å². The lowest BCUT2D eigenvalue weighted by Gasteiger charge is -2.17. The summed E-state index contributed by atoms with van der Waals surface area (Å²) >= 11 is 0. The van der Waals surface area contributed by atoms with Gasteiger partial charge in [-0.05, 0) is 83.6 Å². The van der Waals surface area contributed by atoms with Crippen molar-refractivity contribution < 1.29 is 23.8 Å². The zero-order valence-electron chi connectivity index (χ0n) is 21.8. The third-order valence-corrected chi connectivity index (χ3v) is 6.22. The molecule has 0 aliphatic carbocycles. The lowest BCUT2D eigenvalue weighted by atomic mass is 9.91. The van der Waals surface area contributed by atoms with E-state index in [1.54, 1.807) is 61.7 Å². The minimum absolute atomic E-state index is 0.364. The molecule has 0 unspecified atom stereocenters. The quantitative estimate of drug-likeness (QED) is 0.131. The molecule has 0 heterocycles. The normalized spacial score (nSPS) is 11.3. The van der Waals surface area contributed by atoms with Crippen LogP contribution in [0.25, 0.3) is 11.1 Å². The highest BCUT2D eigenvalue weighted by molar-refractivity contribution is 5.93. The van der Waals surface area contributed by atoms with Crippen LogP contribution in [0.2, 0.25) is 0 Å². The summed E-state index contributed by atoms with van der Waals surface area (Å²) in [6.07, 6.45) is 1.60. The molecule has 0 bridgehead atoms. The molecule has 0 saturated carbocycles. The summed E-state index contributed by atoms with van der Waals surface area (Å²) in [4.78, 5) is 24.9. The Morgan fingerprint density at radius 2 is 1.05 bits per heavy atom. The molecular weight excluding hydrogens is 476 g/mol. The smallest absolute Gasteiger partial charge is 0.343 e. The van der Waals surface area contributed by atoms with Gasteiger partial charge < -0.3 is 14.2 Å². The first-order chi connectivity index (χ1) is 18.5. The van der Waals surface area contributed by atoms with Gasteiger partial charge in [0, 0.05) is 0 Å². The SMILES string of the molecule is CC/C(=C(/CC)c1ccc(OC(=O)c2ccccc2)c(OC)c1)c1ccc(OC(=O)c2ccccc2)cc1. The molecule has 0 amide bonds. The first-order valence-electron chi connectivity index (χ1n) is 12.6. The summed E-state index contributed by atoms with van der Waals surface area (Å²) in [5.74, 6) is 0.506. The number of allylic oxidation sites excluding steroid dienone is 2. The Morgan fingerprint density at radius 1 is 0.553 bits per heavy atom. The second-order valence-electron chi connectivity index (χ2n) is 8.57. The highest BCUT2D eigenvalue weighted by atomic mass is 16.6. The van der Waals surface area contributed by atoms with Crippen molar-refractivity contribution in [3.8, 4) is 17.2 Å². The molecule has 0 aliphatic heterocycles. The fourth-order valence-corrected chi connectivity index (χ4v) is 4.32. The lowest BCUT2D eigenvalue weighted by Crippen LogP contribution is -2.09. The maximum absolute atomic E-state index is 12.6. The van der Waals surface area contributed by atoms with Crippen molar-refractivity contribution in [2.24, 2.45) is 0 Å². The maximum Gasteiger partial charge on any atom is 0.343 e.